The van der Waals surface area contributed by atoms with Crippen molar-refractivity contribution in [1.29, 1.82) is 0 Å². The van der Waals surface area contributed by atoms with Gasteiger partial charge in [-0.05, 0) is 30.9 Å². The number of likely N-dealkylation sites (tertiary alicyclic amines) is 1. The van der Waals surface area contributed by atoms with Crippen molar-refractivity contribution in [3.8, 4) is 0 Å². The van der Waals surface area contributed by atoms with Gasteiger partial charge in [0.1, 0.15) is 6.54 Å². The Kier molecular flexibility index (Phi) is 4.71. The summed E-state index contributed by atoms with van der Waals surface area (Å²) in [6.45, 7) is 2.24. The molecule has 1 aromatic heterocycles. The van der Waals surface area contributed by atoms with Gasteiger partial charge in [-0.15, -0.1) is 0 Å². The normalized spacial score (nSPS) is 16.0. The van der Waals surface area contributed by atoms with Crippen LogP contribution in [0.15, 0.2) is 35.4 Å². The molecule has 1 saturated heterocycles. The Bertz CT molecular complexity index is 748. The number of ether oxygens (including phenoxy) is 1. The fourth-order valence-electron chi connectivity index (χ4n) is 3.05. The van der Waals surface area contributed by atoms with Crippen LogP contribution in [0.2, 0.25) is 0 Å². The van der Waals surface area contributed by atoms with Gasteiger partial charge >= 0.3 is 0 Å². The van der Waals surface area contributed by atoms with Crippen LogP contribution >= 0.6 is 0 Å². The molecule has 0 aliphatic carbocycles. The summed E-state index contributed by atoms with van der Waals surface area (Å²) in [5.41, 5.74) is 0.486. The predicted octanol–water partition coefficient (Wildman–Crippen LogP) is 1.28. The fourth-order valence-corrected chi connectivity index (χ4v) is 3.05. The minimum atomic E-state index is -0.168. The highest BCUT2D eigenvalue weighted by molar-refractivity contribution is 5.79. The molecule has 2 heterocycles. The highest BCUT2D eigenvalue weighted by atomic mass is 16.5. The van der Waals surface area contributed by atoms with E-state index < -0.39 is 0 Å². The lowest BCUT2D eigenvalue weighted by Gasteiger charge is -2.31. The van der Waals surface area contributed by atoms with Crippen LogP contribution in [0.4, 0.5) is 0 Å². The molecule has 23 heavy (non-hydrogen) atoms. The van der Waals surface area contributed by atoms with E-state index in [1.807, 2.05) is 11.0 Å². The number of hydrogen-bond acceptors (Lipinski definition) is 4. The number of benzene rings is 1. The summed E-state index contributed by atoms with van der Waals surface area (Å²) in [6, 6.07) is 7.18. The van der Waals surface area contributed by atoms with Crippen molar-refractivity contribution in [2.75, 3.05) is 26.8 Å². The second kappa shape index (κ2) is 6.91. The number of aromatic nitrogens is 2. The SMILES string of the molecule is COCC1CCN(C(=O)Cn2cnc3ccccc3c2=O)CC1. The van der Waals surface area contributed by atoms with Crippen LogP contribution in [0.25, 0.3) is 10.9 Å². The van der Waals surface area contributed by atoms with Crippen molar-refractivity contribution in [1.82, 2.24) is 14.5 Å². The molecular weight excluding hydrogens is 294 g/mol. The average Bonchev–Trinajstić information content (AvgIpc) is 2.58. The van der Waals surface area contributed by atoms with Gasteiger partial charge in [-0.25, -0.2) is 4.98 Å². The number of nitrogens with zero attached hydrogens (tertiary/aromatic N) is 3. The van der Waals surface area contributed by atoms with Crippen LogP contribution in [0.3, 0.4) is 0 Å². The first-order chi connectivity index (χ1) is 11.2. The van der Waals surface area contributed by atoms with Gasteiger partial charge in [0.15, 0.2) is 0 Å². The van der Waals surface area contributed by atoms with Crippen LogP contribution in [-0.2, 0) is 16.1 Å². The Hall–Kier alpha value is -2.21. The minimum absolute atomic E-state index is 0.0277. The number of rotatable bonds is 4. The van der Waals surface area contributed by atoms with Crippen molar-refractivity contribution in [2.45, 2.75) is 19.4 Å². The van der Waals surface area contributed by atoms with E-state index in [9.17, 15) is 9.59 Å². The summed E-state index contributed by atoms with van der Waals surface area (Å²) in [5.74, 6) is 0.495. The monoisotopic (exact) mass is 315 g/mol. The van der Waals surface area contributed by atoms with E-state index in [1.165, 1.54) is 10.9 Å². The van der Waals surface area contributed by atoms with E-state index in [0.717, 1.165) is 32.5 Å². The third kappa shape index (κ3) is 3.42. The molecule has 0 bridgehead atoms. The molecule has 2 aromatic rings. The Morgan fingerprint density at radius 2 is 2.04 bits per heavy atom. The molecule has 0 N–H and O–H groups in total. The van der Waals surface area contributed by atoms with Crippen molar-refractivity contribution in [3.05, 3.63) is 40.9 Å². The number of piperidine rings is 1. The molecule has 1 aliphatic rings. The molecular formula is C17H21N3O3. The smallest absolute Gasteiger partial charge is 0.261 e. The molecule has 1 aromatic carbocycles. The molecule has 0 atom stereocenters. The number of methoxy groups -OCH3 is 1. The zero-order valence-electron chi connectivity index (χ0n) is 13.3. The average molecular weight is 315 g/mol. The molecule has 3 rings (SSSR count). The third-order valence-corrected chi connectivity index (χ3v) is 4.41. The van der Waals surface area contributed by atoms with E-state index in [1.54, 1.807) is 25.3 Å². The summed E-state index contributed by atoms with van der Waals surface area (Å²) < 4.78 is 6.57. The van der Waals surface area contributed by atoms with Crippen LogP contribution in [0.5, 0.6) is 0 Å². The maximum Gasteiger partial charge on any atom is 0.261 e. The molecule has 0 radical (unpaired) electrons. The second-order valence-electron chi connectivity index (χ2n) is 5.97. The van der Waals surface area contributed by atoms with Gasteiger partial charge in [0.2, 0.25) is 5.91 Å². The van der Waals surface area contributed by atoms with Crippen molar-refractivity contribution < 1.29 is 9.53 Å². The molecule has 1 amide bonds. The van der Waals surface area contributed by atoms with Crippen molar-refractivity contribution >= 4 is 16.8 Å². The van der Waals surface area contributed by atoms with Crippen LogP contribution in [-0.4, -0.2) is 47.2 Å². The summed E-state index contributed by atoms with van der Waals surface area (Å²) in [7, 11) is 1.71. The fraction of sp³-hybridized carbons (Fsp3) is 0.471. The summed E-state index contributed by atoms with van der Waals surface area (Å²) >= 11 is 0. The van der Waals surface area contributed by atoms with E-state index in [0.29, 0.717) is 16.8 Å². The molecule has 0 unspecified atom stereocenters. The number of amides is 1. The number of hydrogen-bond donors (Lipinski definition) is 0. The van der Waals surface area contributed by atoms with E-state index >= 15 is 0 Å². The number of carbonyl (C=O) groups excluding carboxylic acids is 1. The van der Waals surface area contributed by atoms with E-state index in [2.05, 4.69) is 4.98 Å². The molecule has 6 heteroatoms. The first-order valence-electron chi connectivity index (χ1n) is 7.90. The van der Waals surface area contributed by atoms with Crippen LogP contribution < -0.4 is 5.56 Å². The molecule has 6 nitrogen and oxygen atoms in total. The van der Waals surface area contributed by atoms with E-state index in [4.69, 9.17) is 4.74 Å². The zero-order chi connectivity index (χ0) is 16.2. The topological polar surface area (TPSA) is 64.4 Å². The minimum Gasteiger partial charge on any atom is -0.384 e. The lowest BCUT2D eigenvalue weighted by Crippen LogP contribution is -2.42. The number of fused-ring (bicyclic) bond motifs is 1. The standard InChI is InChI=1S/C17H21N3O3/c1-23-11-13-6-8-19(9-7-13)16(21)10-20-12-18-15-5-3-2-4-14(15)17(20)22/h2-5,12-13H,6-11H2,1H3. The highest BCUT2D eigenvalue weighted by Crippen LogP contribution is 2.17. The van der Waals surface area contributed by atoms with Crippen LogP contribution in [0.1, 0.15) is 12.8 Å². The van der Waals surface area contributed by atoms with Gasteiger partial charge in [0, 0.05) is 26.8 Å². The second-order valence-corrected chi connectivity index (χ2v) is 5.97. The van der Waals surface area contributed by atoms with Crippen molar-refractivity contribution in [3.63, 3.8) is 0 Å². The van der Waals surface area contributed by atoms with Gasteiger partial charge in [-0.3, -0.25) is 14.2 Å². The number of carbonyl (C=O) groups is 1. The largest absolute Gasteiger partial charge is 0.384 e. The highest BCUT2D eigenvalue weighted by Gasteiger charge is 2.23. The molecule has 1 aliphatic heterocycles. The number of para-hydroxylation sites is 1. The zero-order valence-corrected chi connectivity index (χ0v) is 13.3. The Balaban J connectivity index is 1.69. The first kappa shape index (κ1) is 15.7. The summed E-state index contributed by atoms with van der Waals surface area (Å²) in [6.07, 6.45) is 3.36. The Morgan fingerprint density at radius 3 is 2.78 bits per heavy atom. The first-order valence-corrected chi connectivity index (χ1v) is 7.90. The lowest BCUT2D eigenvalue weighted by atomic mass is 9.98. The maximum absolute atomic E-state index is 12.4. The van der Waals surface area contributed by atoms with Gasteiger partial charge in [0.25, 0.3) is 5.56 Å². The molecule has 1 fully saturated rings. The summed E-state index contributed by atoms with van der Waals surface area (Å²) in [4.78, 5) is 30.9. The third-order valence-electron chi connectivity index (χ3n) is 4.41. The maximum atomic E-state index is 12.4. The van der Waals surface area contributed by atoms with Crippen molar-refractivity contribution in [2.24, 2.45) is 5.92 Å². The van der Waals surface area contributed by atoms with Gasteiger partial charge in [-0.2, -0.15) is 0 Å². The Morgan fingerprint density at radius 1 is 1.30 bits per heavy atom. The van der Waals surface area contributed by atoms with Gasteiger partial charge in [0.05, 0.1) is 17.2 Å². The molecule has 122 valence electrons. The van der Waals surface area contributed by atoms with Gasteiger partial charge < -0.3 is 9.64 Å². The summed E-state index contributed by atoms with van der Waals surface area (Å²) in [5, 5.41) is 0.543. The van der Waals surface area contributed by atoms with Gasteiger partial charge in [-0.1, -0.05) is 12.1 Å². The lowest BCUT2D eigenvalue weighted by molar-refractivity contribution is -0.133. The molecule has 0 spiro atoms. The quantitative estimate of drug-likeness (QED) is 0.852. The van der Waals surface area contributed by atoms with E-state index in [-0.39, 0.29) is 18.0 Å². The Labute approximate surface area is 134 Å². The molecule has 0 saturated carbocycles. The predicted molar refractivity (Wildman–Crippen MR) is 87.2 cm³/mol. The van der Waals surface area contributed by atoms with Crippen LogP contribution in [0, 0.1) is 5.92 Å².